The van der Waals surface area contributed by atoms with Crippen molar-refractivity contribution in [3.8, 4) is 0 Å². The van der Waals surface area contributed by atoms with E-state index < -0.39 is 0 Å². The highest BCUT2D eigenvalue weighted by Crippen LogP contribution is 2.10. The van der Waals surface area contributed by atoms with Gasteiger partial charge >= 0.3 is 0 Å². The Morgan fingerprint density at radius 1 is 1.24 bits per heavy atom. The summed E-state index contributed by atoms with van der Waals surface area (Å²) in [6, 6.07) is 11.4. The summed E-state index contributed by atoms with van der Waals surface area (Å²) < 4.78 is 13.0. The highest BCUT2D eigenvalue weighted by molar-refractivity contribution is 7.80. The third-order valence-corrected chi connectivity index (χ3v) is 3.36. The molecule has 0 aromatic heterocycles. The summed E-state index contributed by atoms with van der Waals surface area (Å²) in [6.07, 6.45) is 0. The lowest BCUT2D eigenvalue weighted by Crippen LogP contribution is -2.23. The number of amides is 1. The highest BCUT2D eigenvalue weighted by Gasteiger charge is 2.09. The SMILES string of the molecule is Cc1cc(F)ccc1C(=O)NCc1ccc(C(N)=S)cc1. The molecule has 5 heteroatoms. The second-order valence-corrected chi connectivity index (χ2v) is 5.14. The van der Waals surface area contributed by atoms with Crippen LogP contribution in [-0.4, -0.2) is 10.9 Å². The minimum Gasteiger partial charge on any atom is -0.389 e. The Labute approximate surface area is 128 Å². The fourth-order valence-corrected chi connectivity index (χ4v) is 2.08. The van der Waals surface area contributed by atoms with E-state index in [0.29, 0.717) is 22.7 Å². The van der Waals surface area contributed by atoms with Crippen LogP contribution in [-0.2, 0) is 6.54 Å². The van der Waals surface area contributed by atoms with Crippen molar-refractivity contribution in [1.29, 1.82) is 0 Å². The van der Waals surface area contributed by atoms with E-state index in [2.05, 4.69) is 5.32 Å². The van der Waals surface area contributed by atoms with Crippen molar-refractivity contribution in [3.05, 3.63) is 70.5 Å². The van der Waals surface area contributed by atoms with Gasteiger partial charge in [0.25, 0.3) is 5.91 Å². The van der Waals surface area contributed by atoms with Gasteiger partial charge in [-0.2, -0.15) is 0 Å². The van der Waals surface area contributed by atoms with Crippen LogP contribution in [0.4, 0.5) is 4.39 Å². The molecular formula is C16H15FN2OS. The average Bonchev–Trinajstić information content (AvgIpc) is 2.45. The van der Waals surface area contributed by atoms with Crippen LogP contribution in [0.3, 0.4) is 0 Å². The molecule has 0 fully saturated rings. The van der Waals surface area contributed by atoms with E-state index in [1.54, 1.807) is 6.92 Å². The lowest BCUT2D eigenvalue weighted by Gasteiger charge is -2.08. The third-order valence-electron chi connectivity index (χ3n) is 3.12. The summed E-state index contributed by atoms with van der Waals surface area (Å²) in [6.45, 7) is 2.09. The molecular weight excluding hydrogens is 287 g/mol. The van der Waals surface area contributed by atoms with Gasteiger partial charge in [-0.25, -0.2) is 4.39 Å². The zero-order chi connectivity index (χ0) is 15.4. The number of nitrogens with two attached hydrogens (primary N) is 1. The minimum absolute atomic E-state index is 0.231. The topological polar surface area (TPSA) is 55.1 Å². The van der Waals surface area contributed by atoms with Gasteiger partial charge in [0.15, 0.2) is 0 Å². The molecule has 2 rings (SSSR count). The first kappa shape index (κ1) is 15.1. The number of rotatable bonds is 4. The Morgan fingerprint density at radius 3 is 2.48 bits per heavy atom. The lowest BCUT2D eigenvalue weighted by atomic mass is 10.1. The van der Waals surface area contributed by atoms with Gasteiger partial charge in [0.2, 0.25) is 0 Å². The van der Waals surface area contributed by atoms with Gasteiger partial charge in [0.05, 0.1) is 0 Å². The van der Waals surface area contributed by atoms with Gasteiger partial charge < -0.3 is 11.1 Å². The standard InChI is InChI=1S/C16H15FN2OS/c1-10-8-13(17)6-7-14(10)16(20)19-9-11-2-4-12(5-3-11)15(18)21/h2-8H,9H2,1H3,(H2,18,21)(H,19,20). The molecule has 1 amide bonds. The molecule has 0 bridgehead atoms. The summed E-state index contributed by atoms with van der Waals surface area (Å²) in [5.74, 6) is -0.580. The molecule has 0 atom stereocenters. The smallest absolute Gasteiger partial charge is 0.251 e. The van der Waals surface area contributed by atoms with Crippen LogP contribution in [0.1, 0.15) is 27.0 Å². The summed E-state index contributed by atoms with van der Waals surface area (Å²) in [5, 5.41) is 2.80. The van der Waals surface area contributed by atoms with E-state index in [4.69, 9.17) is 18.0 Å². The summed E-state index contributed by atoms with van der Waals surface area (Å²) >= 11 is 4.88. The maximum absolute atomic E-state index is 13.0. The number of nitrogens with one attached hydrogen (secondary N) is 1. The zero-order valence-corrected chi connectivity index (χ0v) is 12.3. The van der Waals surface area contributed by atoms with Crippen LogP contribution in [0.15, 0.2) is 42.5 Å². The average molecular weight is 302 g/mol. The first-order chi connectivity index (χ1) is 9.97. The Kier molecular flexibility index (Phi) is 4.65. The van der Waals surface area contributed by atoms with Gasteiger partial charge in [-0.1, -0.05) is 36.5 Å². The van der Waals surface area contributed by atoms with Crippen LogP contribution in [0, 0.1) is 12.7 Å². The third kappa shape index (κ3) is 3.86. The molecule has 0 aliphatic carbocycles. The van der Waals surface area contributed by atoms with E-state index in [-0.39, 0.29) is 11.7 Å². The number of aryl methyl sites for hydroxylation is 1. The number of carbonyl (C=O) groups excluding carboxylic acids is 1. The van der Waals surface area contributed by atoms with Crippen molar-refractivity contribution in [2.75, 3.05) is 0 Å². The predicted molar refractivity (Wildman–Crippen MR) is 84.6 cm³/mol. The quantitative estimate of drug-likeness (QED) is 0.854. The molecule has 0 unspecified atom stereocenters. The van der Waals surface area contributed by atoms with Gasteiger partial charge in [-0.05, 0) is 36.2 Å². The fourth-order valence-electron chi connectivity index (χ4n) is 1.95. The Morgan fingerprint density at radius 2 is 1.90 bits per heavy atom. The molecule has 108 valence electrons. The van der Waals surface area contributed by atoms with Gasteiger partial charge in [-0.15, -0.1) is 0 Å². The van der Waals surface area contributed by atoms with Crippen molar-refractivity contribution >= 4 is 23.1 Å². The number of hydrogen-bond donors (Lipinski definition) is 2. The van der Waals surface area contributed by atoms with Crippen molar-refractivity contribution < 1.29 is 9.18 Å². The molecule has 21 heavy (non-hydrogen) atoms. The number of halogens is 1. The predicted octanol–water partition coefficient (Wildman–Crippen LogP) is 2.70. The van der Waals surface area contributed by atoms with Crippen LogP contribution in [0.5, 0.6) is 0 Å². The van der Waals surface area contributed by atoms with E-state index in [9.17, 15) is 9.18 Å². The van der Waals surface area contributed by atoms with E-state index in [1.165, 1.54) is 18.2 Å². The normalized spacial score (nSPS) is 10.2. The lowest BCUT2D eigenvalue weighted by molar-refractivity contribution is 0.0950. The van der Waals surface area contributed by atoms with Gasteiger partial charge in [-0.3, -0.25) is 4.79 Å². The summed E-state index contributed by atoms with van der Waals surface area (Å²) in [5.41, 5.74) is 8.32. The molecule has 0 saturated heterocycles. The first-order valence-corrected chi connectivity index (χ1v) is 6.81. The molecule has 3 nitrogen and oxygen atoms in total. The van der Waals surface area contributed by atoms with Crippen molar-refractivity contribution in [1.82, 2.24) is 5.32 Å². The number of thiocarbonyl (C=S) groups is 1. The van der Waals surface area contributed by atoms with Crippen molar-refractivity contribution in [2.24, 2.45) is 5.73 Å². The van der Waals surface area contributed by atoms with Gasteiger partial charge in [0.1, 0.15) is 10.8 Å². The first-order valence-electron chi connectivity index (χ1n) is 6.40. The van der Waals surface area contributed by atoms with Crippen molar-refractivity contribution in [3.63, 3.8) is 0 Å². The monoisotopic (exact) mass is 302 g/mol. The molecule has 0 saturated carbocycles. The highest BCUT2D eigenvalue weighted by atomic mass is 32.1. The molecule has 2 aromatic rings. The van der Waals surface area contributed by atoms with Gasteiger partial charge in [0, 0.05) is 17.7 Å². The van der Waals surface area contributed by atoms with E-state index in [1.807, 2.05) is 24.3 Å². The largest absolute Gasteiger partial charge is 0.389 e. The molecule has 3 N–H and O–H groups in total. The minimum atomic E-state index is -0.350. The molecule has 2 aromatic carbocycles. The Hall–Kier alpha value is -2.27. The molecule has 0 heterocycles. The van der Waals surface area contributed by atoms with E-state index >= 15 is 0 Å². The second-order valence-electron chi connectivity index (χ2n) is 4.70. The zero-order valence-electron chi connectivity index (χ0n) is 11.5. The fraction of sp³-hybridized carbons (Fsp3) is 0.125. The van der Waals surface area contributed by atoms with Crippen LogP contribution < -0.4 is 11.1 Å². The van der Waals surface area contributed by atoms with E-state index in [0.717, 1.165) is 11.1 Å². The Bertz CT molecular complexity index is 683. The Balaban J connectivity index is 2.02. The van der Waals surface area contributed by atoms with Crippen LogP contribution >= 0.6 is 12.2 Å². The molecule has 0 radical (unpaired) electrons. The summed E-state index contributed by atoms with van der Waals surface area (Å²) in [7, 11) is 0. The number of hydrogen-bond acceptors (Lipinski definition) is 2. The number of benzene rings is 2. The summed E-state index contributed by atoms with van der Waals surface area (Å²) in [4.78, 5) is 12.4. The van der Waals surface area contributed by atoms with Crippen LogP contribution in [0.25, 0.3) is 0 Å². The van der Waals surface area contributed by atoms with Crippen molar-refractivity contribution in [2.45, 2.75) is 13.5 Å². The molecule has 0 aliphatic rings. The maximum atomic E-state index is 13.0. The molecule has 0 aliphatic heterocycles. The molecule has 0 spiro atoms. The van der Waals surface area contributed by atoms with Crippen LogP contribution in [0.2, 0.25) is 0 Å². The second kappa shape index (κ2) is 6.45. The maximum Gasteiger partial charge on any atom is 0.251 e. The number of carbonyl (C=O) groups is 1.